The van der Waals surface area contributed by atoms with Gasteiger partial charge in [-0.15, -0.1) is 10.2 Å². The Morgan fingerprint density at radius 3 is 2.58 bits per heavy atom. The van der Waals surface area contributed by atoms with E-state index in [0.29, 0.717) is 0 Å². The molecule has 0 saturated heterocycles. The van der Waals surface area contributed by atoms with Gasteiger partial charge in [-0.25, -0.2) is 4.98 Å². The lowest BCUT2D eigenvalue weighted by Gasteiger charge is -2.22. The Morgan fingerprint density at radius 2 is 1.85 bits per heavy atom. The van der Waals surface area contributed by atoms with E-state index in [1.54, 1.807) is 0 Å². The number of aromatic amines is 1. The Bertz CT molecular complexity index is 1110. The summed E-state index contributed by atoms with van der Waals surface area (Å²) < 4.78 is 0. The van der Waals surface area contributed by atoms with Crippen LogP contribution in [0.5, 0.6) is 0 Å². The monoisotopic (exact) mass is 343 g/mol. The van der Waals surface area contributed by atoms with Crippen molar-refractivity contribution in [3.05, 3.63) is 46.3 Å². The molecule has 0 amide bonds. The van der Waals surface area contributed by atoms with Crippen LogP contribution in [0.1, 0.15) is 49.1 Å². The van der Waals surface area contributed by atoms with Gasteiger partial charge in [0.1, 0.15) is 0 Å². The van der Waals surface area contributed by atoms with Gasteiger partial charge in [0.2, 0.25) is 0 Å². The van der Waals surface area contributed by atoms with Crippen molar-refractivity contribution in [2.24, 2.45) is 10.2 Å². The van der Waals surface area contributed by atoms with Crippen molar-refractivity contribution in [3.63, 3.8) is 0 Å². The molecule has 3 aromatic rings. The van der Waals surface area contributed by atoms with Crippen molar-refractivity contribution in [3.8, 4) is 11.3 Å². The van der Waals surface area contributed by atoms with Crippen molar-refractivity contribution in [2.45, 2.75) is 46.5 Å². The van der Waals surface area contributed by atoms with E-state index in [-0.39, 0.29) is 0 Å². The average Bonchev–Trinajstić information content (AvgIpc) is 3.26. The number of nitrogens with zero attached hydrogens (tertiary/aromatic N) is 4. The number of hydrogen-bond donors (Lipinski definition) is 1. The van der Waals surface area contributed by atoms with Gasteiger partial charge >= 0.3 is 0 Å². The highest BCUT2D eigenvalue weighted by Gasteiger charge is 2.26. The number of azo groups is 1. The third-order valence-electron chi connectivity index (χ3n) is 5.50. The van der Waals surface area contributed by atoms with E-state index < -0.39 is 0 Å². The Kier molecular flexibility index (Phi) is 3.32. The molecule has 1 aliphatic heterocycles. The normalized spacial score (nSPS) is 15.4. The lowest BCUT2D eigenvalue weighted by molar-refractivity contribution is 0.689. The van der Waals surface area contributed by atoms with Crippen molar-refractivity contribution in [1.29, 1.82) is 0 Å². The predicted molar refractivity (Wildman–Crippen MR) is 103 cm³/mol. The van der Waals surface area contributed by atoms with E-state index in [0.717, 1.165) is 46.7 Å². The lowest BCUT2D eigenvalue weighted by Crippen LogP contribution is -2.08. The smallest absolute Gasteiger partial charge is 0.0959 e. The minimum atomic E-state index is 0.968. The summed E-state index contributed by atoms with van der Waals surface area (Å²) in [4.78, 5) is 5.10. The van der Waals surface area contributed by atoms with Crippen molar-refractivity contribution < 1.29 is 0 Å². The van der Waals surface area contributed by atoms with E-state index in [4.69, 9.17) is 4.98 Å². The zero-order chi connectivity index (χ0) is 17.8. The van der Waals surface area contributed by atoms with Gasteiger partial charge in [-0.1, -0.05) is 0 Å². The molecule has 0 radical (unpaired) electrons. The molecule has 0 bridgehead atoms. The number of pyridine rings is 1. The summed E-state index contributed by atoms with van der Waals surface area (Å²) in [6.45, 7) is 6.27. The molecule has 0 spiro atoms. The maximum atomic E-state index is 5.10. The highest BCUT2D eigenvalue weighted by molar-refractivity contribution is 6.02. The predicted octanol–water partition coefficient (Wildman–Crippen LogP) is 5.66. The first-order valence-electron chi connectivity index (χ1n) is 9.23. The molecule has 2 aliphatic rings. The fourth-order valence-corrected chi connectivity index (χ4v) is 4.25. The molecule has 0 saturated carbocycles. The minimum absolute atomic E-state index is 0.968. The largest absolute Gasteiger partial charge is 0.282 e. The summed E-state index contributed by atoms with van der Waals surface area (Å²) >= 11 is 0. The van der Waals surface area contributed by atoms with Gasteiger partial charge in [0.15, 0.2) is 0 Å². The summed E-state index contributed by atoms with van der Waals surface area (Å²) in [5.41, 5.74) is 11.4. The van der Waals surface area contributed by atoms with Crippen LogP contribution in [0, 0.1) is 6.92 Å². The molecule has 0 unspecified atom stereocenters. The van der Waals surface area contributed by atoms with Gasteiger partial charge in [0.25, 0.3) is 0 Å². The van der Waals surface area contributed by atoms with Gasteiger partial charge in [-0.2, -0.15) is 5.10 Å². The quantitative estimate of drug-likeness (QED) is 0.619. The number of aryl methyl sites for hydroxylation is 2. The van der Waals surface area contributed by atoms with Crippen LogP contribution in [0.4, 0.5) is 5.69 Å². The first-order chi connectivity index (χ1) is 12.6. The summed E-state index contributed by atoms with van der Waals surface area (Å²) in [6.07, 6.45) is 6.49. The van der Waals surface area contributed by atoms with Crippen molar-refractivity contribution in [2.75, 3.05) is 0 Å². The van der Waals surface area contributed by atoms with E-state index in [2.05, 4.69) is 47.3 Å². The molecule has 5 heteroatoms. The number of aromatic nitrogens is 3. The van der Waals surface area contributed by atoms with E-state index in [9.17, 15) is 0 Å². The van der Waals surface area contributed by atoms with Gasteiger partial charge in [-0.05, 0) is 75.3 Å². The van der Waals surface area contributed by atoms with Gasteiger partial charge in [0.05, 0.1) is 28.8 Å². The zero-order valence-corrected chi connectivity index (χ0v) is 15.3. The summed E-state index contributed by atoms with van der Waals surface area (Å²) in [6, 6.07) is 4.14. The fourth-order valence-electron chi connectivity index (χ4n) is 4.25. The third-order valence-corrected chi connectivity index (χ3v) is 5.50. The highest BCUT2D eigenvalue weighted by Crippen LogP contribution is 2.45. The maximum absolute atomic E-state index is 5.10. The van der Waals surface area contributed by atoms with Gasteiger partial charge in [0, 0.05) is 22.2 Å². The Hall–Kier alpha value is -2.82. The topological polar surface area (TPSA) is 66.3 Å². The van der Waals surface area contributed by atoms with Crippen molar-refractivity contribution in [1.82, 2.24) is 15.2 Å². The molecule has 2 aromatic heterocycles. The molecule has 130 valence electrons. The fraction of sp³-hybridized carbons (Fsp3) is 0.333. The third kappa shape index (κ3) is 2.09. The van der Waals surface area contributed by atoms with Crippen LogP contribution < -0.4 is 0 Å². The van der Waals surface area contributed by atoms with Crippen LogP contribution in [-0.4, -0.2) is 15.2 Å². The van der Waals surface area contributed by atoms with Crippen LogP contribution >= 0.6 is 0 Å². The number of hydrogen-bond acceptors (Lipinski definition) is 4. The molecule has 26 heavy (non-hydrogen) atoms. The Labute approximate surface area is 152 Å². The van der Waals surface area contributed by atoms with Gasteiger partial charge in [-0.3, -0.25) is 5.10 Å². The molecular weight excluding hydrogens is 322 g/mol. The van der Waals surface area contributed by atoms with Crippen LogP contribution in [0.2, 0.25) is 0 Å². The van der Waals surface area contributed by atoms with Crippen LogP contribution in [0.15, 0.2) is 34.1 Å². The molecular formula is C21H21N5. The van der Waals surface area contributed by atoms with Crippen molar-refractivity contribution >= 4 is 22.3 Å². The minimum Gasteiger partial charge on any atom is -0.282 e. The summed E-state index contributed by atoms with van der Waals surface area (Å²) in [5, 5.41) is 17.4. The van der Waals surface area contributed by atoms with Crippen LogP contribution in [-0.2, 0) is 12.8 Å². The van der Waals surface area contributed by atoms with Crippen LogP contribution in [0.25, 0.3) is 27.9 Å². The molecule has 5 rings (SSSR count). The number of benzene rings is 1. The second-order valence-electron chi connectivity index (χ2n) is 7.44. The van der Waals surface area contributed by atoms with E-state index in [1.807, 2.05) is 12.3 Å². The van der Waals surface area contributed by atoms with E-state index in [1.165, 1.54) is 40.5 Å². The number of H-pyrrole nitrogens is 1. The SMILES string of the molecule is CC(C)=C1N=Nc2ccc3nc(-c4cn[nH]c4C)c4c(c3c21)CCCC4. The Balaban J connectivity index is 1.91. The molecule has 3 heterocycles. The summed E-state index contributed by atoms with van der Waals surface area (Å²) in [5.74, 6) is 0. The first kappa shape index (κ1) is 15.4. The number of nitrogens with one attached hydrogen (secondary N) is 1. The second kappa shape index (κ2) is 5.59. The Morgan fingerprint density at radius 1 is 1.04 bits per heavy atom. The maximum Gasteiger partial charge on any atom is 0.0959 e. The van der Waals surface area contributed by atoms with E-state index >= 15 is 0 Å². The average molecular weight is 343 g/mol. The summed E-state index contributed by atoms with van der Waals surface area (Å²) in [7, 11) is 0. The zero-order valence-electron chi connectivity index (χ0n) is 15.3. The molecule has 1 aliphatic carbocycles. The van der Waals surface area contributed by atoms with Gasteiger partial charge < -0.3 is 0 Å². The molecule has 5 nitrogen and oxygen atoms in total. The first-order valence-corrected chi connectivity index (χ1v) is 9.23. The molecule has 0 fully saturated rings. The van der Waals surface area contributed by atoms with Crippen LogP contribution in [0.3, 0.4) is 0 Å². The second-order valence-corrected chi connectivity index (χ2v) is 7.44. The number of fused-ring (bicyclic) bond motifs is 5. The number of rotatable bonds is 1. The highest BCUT2D eigenvalue weighted by atomic mass is 15.1. The molecule has 1 aromatic carbocycles. The number of allylic oxidation sites excluding steroid dienone is 1. The standard InChI is InChI=1S/C21H21N5/c1-11(2)20-19-17(25-26-20)9-8-16-18(19)13-6-4-5-7-14(13)21(23-16)15-10-22-24-12(15)3/h8-10H,4-7H2,1-3H3,(H,22,24). The molecule has 1 N–H and O–H groups in total. The molecule has 0 atom stereocenters. The lowest BCUT2D eigenvalue weighted by atomic mass is 9.84.